The van der Waals surface area contributed by atoms with Crippen molar-refractivity contribution in [1.82, 2.24) is 5.32 Å². The fourth-order valence-electron chi connectivity index (χ4n) is 2.22. The fraction of sp³-hybridized carbons (Fsp3) is 0.375. The summed E-state index contributed by atoms with van der Waals surface area (Å²) in [6, 6.07) is 8.25. The summed E-state index contributed by atoms with van der Waals surface area (Å²) in [6.45, 7) is 3.12. The molecular formula is C16H19Br2NO2. The maximum absolute atomic E-state index is 5.38. The molecule has 0 fully saturated rings. The largest absolute Gasteiger partial charge is 0.497 e. The number of rotatable bonds is 7. The summed E-state index contributed by atoms with van der Waals surface area (Å²) < 4.78 is 12.6. The lowest BCUT2D eigenvalue weighted by Gasteiger charge is -2.19. The number of halogens is 2. The van der Waals surface area contributed by atoms with Crippen molar-refractivity contribution in [2.45, 2.75) is 25.8 Å². The summed E-state index contributed by atoms with van der Waals surface area (Å²) in [6.07, 6.45) is 3.65. The van der Waals surface area contributed by atoms with E-state index in [1.807, 2.05) is 18.2 Å². The van der Waals surface area contributed by atoms with Crippen LogP contribution in [0.5, 0.6) is 5.75 Å². The number of ether oxygens (including phenoxy) is 1. The summed E-state index contributed by atoms with van der Waals surface area (Å²) in [4.78, 5) is 0. The Labute approximate surface area is 142 Å². The molecule has 5 heteroatoms. The van der Waals surface area contributed by atoms with Crippen molar-refractivity contribution in [3.63, 3.8) is 0 Å². The van der Waals surface area contributed by atoms with Crippen molar-refractivity contribution in [2.24, 2.45) is 0 Å². The molecule has 0 amide bonds. The van der Waals surface area contributed by atoms with Crippen LogP contribution < -0.4 is 10.1 Å². The molecule has 114 valence electrons. The minimum Gasteiger partial charge on any atom is -0.497 e. The lowest BCUT2D eigenvalue weighted by atomic mass is 10.0. The summed E-state index contributed by atoms with van der Waals surface area (Å²) in [7, 11) is 1.69. The lowest BCUT2D eigenvalue weighted by molar-refractivity contribution is 0.413. The number of methoxy groups -OCH3 is 1. The van der Waals surface area contributed by atoms with Crippen molar-refractivity contribution in [2.75, 3.05) is 13.7 Å². The van der Waals surface area contributed by atoms with Crippen molar-refractivity contribution < 1.29 is 9.15 Å². The van der Waals surface area contributed by atoms with E-state index in [-0.39, 0.29) is 6.04 Å². The van der Waals surface area contributed by atoms with Crippen LogP contribution in [0.25, 0.3) is 0 Å². The van der Waals surface area contributed by atoms with Gasteiger partial charge in [-0.05, 0) is 65.1 Å². The highest BCUT2D eigenvalue weighted by Gasteiger charge is 2.18. The molecule has 0 saturated carbocycles. The number of hydrogen-bond acceptors (Lipinski definition) is 3. The predicted octanol–water partition coefficient (Wildman–Crippen LogP) is 5.10. The Kier molecular flexibility index (Phi) is 6.33. The molecular weight excluding hydrogens is 398 g/mol. The summed E-state index contributed by atoms with van der Waals surface area (Å²) in [5, 5.41) is 3.57. The Morgan fingerprint density at radius 3 is 2.71 bits per heavy atom. The van der Waals surface area contributed by atoms with Crippen molar-refractivity contribution >= 4 is 31.9 Å². The molecule has 1 atom stereocenters. The van der Waals surface area contributed by atoms with Gasteiger partial charge in [-0.25, -0.2) is 0 Å². The molecule has 2 rings (SSSR count). The van der Waals surface area contributed by atoms with Crippen LogP contribution >= 0.6 is 31.9 Å². The van der Waals surface area contributed by atoms with E-state index in [4.69, 9.17) is 9.15 Å². The second kappa shape index (κ2) is 8.01. The first kappa shape index (κ1) is 16.6. The first-order valence-electron chi connectivity index (χ1n) is 6.94. The second-order valence-electron chi connectivity index (χ2n) is 4.82. The molecule has 0 saturated heterocycles. The third-order valence-electron chi connectivity index (χ3n) is 3.34. The van der Waals surface area contributed by atoms with E-state index in [1.165, 1.54) is 5.56 Å². The van der Waals surface area contributed by atoms with Crippen molar-refractivity contribution in [3.8, 4) is 5.75 Å². The molecule has 21 heavy (non-hydrogen) atoms. The molecule has 1 aromatic heterocycles. The minimum atomic E-state index is 0.196. The highest BCUT2D eigenvalue weighted by Crippen LogP contribution is 2.31. The zero-order valence-corrected chi connectivity index (χ0v) is 15.3. The van der Waals surface area contributed by atoms with Crippen molar-refractivity contribution in [3.05, 3.63) is 50.8 Å². The highest BCUT2D eigenvalue weighted by atomic mass is 79.9. The first-order valence-corrected chi connectivity index (χ1v) is 8.53. The Morgan fingerprint density at radius 2 is 2.10 bits per heavy atom. The Balaban J connectivity index is 2.24. The minimum absolute atomic E-state index is 0.196. The van der Waals surface area contributed by atoms with Gasteiger partial charge < -0.3 is 14.5 Å². The Bertz CT molecular complexity index is 583. The third-order valence-corrected chi connectivity index (χ3v) is 4.76. The van der Waals surface area contributed by atoms with E-state index in [1.54, 1.807) is 13.4 Å². The molecule has 1 heterocycles. The van der Waals surface area contributed by atoms with Crippen LogP contribution in [0.15, 0.2) is 44.1 Å². The molecule has 1 N–H and O–H groups in total. The normalized spacial score (nSPS) is 12.4. The molecule has 1 unspecified atom stereocenters. The lowest BCUT2D eigenvalue weighted by Crippen LogP contribution is -2.24. The standard InChI is InChI=1S/C16H19Br2NO2/c1-3-7-19-15(13-6-8-21-16(13)18)10-11-9-12(20-2)4-5-14(11)17/h4-6,8-9,15,19H,3,7,10H2,1-2H3. The van der Waals surface area contributed by atoms with E-state index in [0.717, 1.165) is 39.8 Å². The van der Waals surface area contributed by atoms with E-state index < -0.39 is 0 Å². The number of hydrogen-bond donors (Lipinski definition) is 1. The second-order valence-corrected chi connectivity index (χ2v) is 6.39. The van der Waals surface area contributed by atoms with E-state index in [0.29, 0.717) is 0 Å². The van der Waals surface area contributed by atoms with E-state index in [9.17, 15) is 0 Å². The molecule has 2 aromatic rings. The molecule has 0 aliphatic rings. The quantitative estimate of drug-likeness (QED) is 0.681. The zero-order chi connectivity index (χ0) is 15.2. The SMILES string of the molecule is CCCNC(Cc1cc(OC)ccc1Br)c1ccoc1Br. The van der Waals surface area contributed by atoms with Crippen LogP contribution in [0.1, 0.15) is 30.5 Å². The molecule has 0 spiro atoms. The molecule has 0 aliphatic carbocycles. The van der Waals surface area contributed by atoms with Gasteiger partial charge in [0.05, 0.1) is 13.4 Å². The van der Waals surface area contributed by atoms with Crippen LogP contribution in [-0.2, 0) is 6.42 Å². The van der Waals surface area contributed by atoms with Gasteiger partial charge in [-0.3, -0.25) is 0 Å². The monoisotopic (exact) mass is 415 g/mol. The molecule has 0 bridgehead atoms. The van der Waals surface area contributed by atoms with Gasteiger partial charge in [0.15, 0.2) is 4.67 Å². The maximum Gasteiger partial charge on any atom is 0.173 e. The van der Waals surface area contributed by atoms with Crippen LogP contribution in [-0.4, -0.2) is 13.7 Å². The van der Waals surface area contributed by atoms with Gasteiger partial charge in [-0.1, -0.05) is 22.9 Å². The van der Waals surface area contributed by atoms with Gasteiger partial charge in [0.1, 0.15) is 5.75 Å². The number of furan rings is 1. The summed E-state index contributed by atoms with van der Waals surface area (Å²) in [5.74, 6) is 0.869. The molecule has 0 aliphatic heterocycles. The average Bonchev–Trinajstić information content (AvgIpc) is 2.91. The van der Waals surface area contributed by atoms with Gasteiger partial charge in [-0.15, -0.1) is 0 Å². The molecule has 1 aromatic carbocycles. The smallest absolute Gasteiger partial charge is 0.173 e. The molecule has 0 radical (unpaired) electrons. The Hall–Kier alpha value is -0.780. The molecule has 3 nitrogen and oxygen atoms in total. The van der Waals surface area contributed by atoms with Crippen LogP contribution in [0, 0.1) is 0 Å². The average molecular weight is 417 g/mol. The van der Waals surface area contributed by atoms with Crippen molar-refractivity contribution in [1.29, 1.82) is 0 Å². The number of nitrogens with one attached hydrogen (secondary N) is 1. The topological polar surface area (TPSA) is 34.4 Å². The van der Waals surface area contributed by atoms with Crippen LogP contribution in [0.2, 0.25) is 0 Å². The maximum atomic E-state index is 5.38. The summed E-state index contributed by atoms with van der Waals surface area (Å²) >= 11 is 7.10. The number of benzene rings is 1. The fourth-order valence-corrected chi connectivity index (χ4v) is 3.14. The highest BCUT2D eigenvalue weighted by molar-refractivity contribution is 9.10. The van der Waals surface area contributed by atoms with Gasteiger partial charge in [0.2, 0.25) is 0 Å². The third kappa shape index (κ3) is 4.34. The van der Waals surface area contributed by atoms with E-state index >= 15 is 0 Å². The van der Waals surface area contributed by atoms with E-state index in [2.05, 4.69) is 50.2 Å². The van der Waals surface area contributed by atoms with Gasteiger partial charge in [0, 0.05) is 16.1 Å². The summed E-state index contributed by atoms with van der Waals surface area (Å²) in [5.41, 5.74) is 2.34. The van der Waals surface area contributed by atoms with Gasteiger partial charge in [0.25, 0.3) is 0 Å². The predicted molar refractivity (Wildman–Crippen MR) is 91.8 cm³/mol. The Morgan fingerprint density at radius 1 is 1.29 bits per heavy atom. The van der Waals surface area contributed by atoms with Crippen LogP contribution in [0.3, 0.4) is 0 Å². The zero-order valence-electron chi connectivity index (χ0n) is 12.2. The van der Waals surface area contributed by atoms with Gasteiger partial charge in [-0.2, -0.15) is 0 Å². The van der Waals surface area contributed by atoms with Gasteiger partial charge >= 0.3 is 0 Å². The first-order chi connectivity index (χ1) is 10.2. The van der Waals surface area contributed by atoms with Crippen LogP contribution in [0.4, 0.5) is 0 Å².